The summed E-state index contributed by atoms with van der Waals surface area (Å²) < 4.78 is 5.76. The van der Waals surface area contributed by atoms with Crippen molar-refractivity contribution in [2.75, 3.05) is 10.8 Å². The predicted octanol–water partition coefficient (Wildman–Crippen LogP) is 7.93. The summed E-state index contributed by atoms with van der Waals surface area (Å²) in [7, 11) is 0. The first-order valence-electron chi connectivity index (χ1n) is 14.4. The van der Waals surface area contributed by atoms with Gasteiger partial charge in [0.15, 0.2) is 6.10 Å². The van der Waals surface area contributed by atoms with E-state index >= 15 is 0 Å². The van der Waals surface area contributed by atoms with Gasteiger partial charge in [0.1, 0.15) is 0 Å². The van der Waals surface area contributed by atoms with Crippen molar-refractivity contribution in [3.8, 4) is 11.3 Å². The van der Waals surface area contributed by atoms with E-state index in [4.69, 9.17) is 44.5 Å². The number of halogens is 3. The molecule has 2 aliphatic rings. The lowest BCUT2D eigenvalue weighted by atomic mass is 9.81. The highest BCUT2D eigenvalue weighted by molar-refractivity contribution is 6.31. The number of carbonyl (C=O) groups excluding carboxylic acids is 4. The Morgan fingerprint density at radius 2 is 1.50 bits per heavy atom. The third-order valence-corrected chi connectivity index (χ3v) is 9.00. The van der Waals surface area contributed by atoms with Crippen LogP contribution in [-0.2, 0) is 14.3 Å². The van der Waals surface area contributed by atoms with Crippen LogP contribution in [-0.4, -0.2) is 40.5 Å². The van der Waals surface area contributed by atoms with Gasteiger partial charge >= 0.3 is 5.97 Å². The van der Waals surface area contributed by atoms with Gasteiger partial charge < -0.3 is 4.74 Å². The van der Waals surface area contributed by atoms with Gasteiger partial charge in [-0.3, -0.25) is 19.3 Å². The normalized spacial score (nSPS) is 18.8. The van der Waals surface area contributed by atoms with Crippen LogP contribution < -0.4 is 4.90 Å². The zero-order chi connectivity index (χ0) is 31.0. The van der Waals surface area contributed by atoms with Crippen LogP contribution in [0.15, 0.2) is 72.8 Å². The van der Waals surface area contributed by atoms with Gasteiger partial charge in [0.2, 0.25) is 17.6 Å². The second kappa shape index (κ2) is 12.7. The van der Waals surface area contributed by atoms with Crippen molar-refractivity contribution < 1.29 is 23.9 Å². The molecule has 3 aromatic carbocycles. The minimum absolute atomic E-state index is 0.0985. The lowest BCUT2D eigenvalue weighted by Crippen LogP contribution is -2.30. The number of rotatable bonds is 8. The fourth-order valence-corrected chi connectivity index (χ4v) is 6.54. The highest BCUT2D eigenvalue weighted by Gasteiger charge is 2.48. The van der Waals surface area contributed by atoms with Gasteiger partial charge in [0, 0.05) is 38.9 Å². The number of hydrogen-bond donors (Lipinski definition) is 0. The Balaban J connectivity index is 1.31. The van der Waals surface area contributed by atoms with Gasteiger partial charge in [0.25, 0.3) is 0 Å². The summed E-state index contributed by atoms with van der Waals surface area (Å²) in [6.07, 6.45) is 2.39. The Morgan fingerprint density at radius 3 is 2.14 bits per heavy atom. The fraction of sp³-hybridized carbons (Fsp3) is 0.265. The van der Waals surface area contributed by atoms with Crippen LogP contribution in [0.25, 0.3) is 22.2 Å². The van der Waals surface area contributed by atoms with Crippen molar-refractivity contribution in [2.24, 2.45) is 11.8 Å². The molecule has 2 heterocycles. The third kappa shape index (κ3) is 5.84. The fourth-order valence-electron chi connectivity index (χ4n) is 6.05. The van der Waals surface area contributed by atoms with Crippen LogP contribution >= 0.6 is 34.8 Å². The minimum Gasteiger partial charge on any atom is -0.450 e. The molecule has 0 radical (unpaired) electrons. The number of pyridine rings is 1. The minimum atomic E-state index is -1.12. The molecule has 3 atom stereocenters. The first-order valence-corrected chi connectivity index (χ1v) is 15.7. The smallest absolute Gasteiger partial charge is 0.339 e. The summed E-state index contributed by atoms with van der Waals surface area (Å²) in [4.78, 5) is 59.1. The molecule has 1 saturated heterocycles. The molecule has 10 heteroatoms. The molecule has 1 aliphatic carbocycles. The number of esters is 1. The number of nitrogens with zero attached hydrogens (tertiary/aromatic N) is 2. The first kappa shape index (κ1) is 30.3. The number of fused-ring (bicyclic) bond motifs is 2. The van der Waals surface area contributed by atoms with Gasteiger partial charge in [-0.15, -0.1) is 11.6 Å². The van der Waals surface area contributed by atoms with Gasteiger partial charge in [-0.1, -0.05) is 48.2 Å². The molecule has 6 rings (SSSR count). The quantitative estimate of drug-likeness (QED) is 0.0833. The van der Waals surface area contributed by atoms with E-state index in [0.717, 1.165) is 25.7 Å². The highest BCUT2D eigenvalue weighted by Crippen LogP contribution is 2.40. The summed E-state index contributed by atoms with van der Waals surface area (Å²) >= 11 is 18.2. The zero-order valence-corrected chi connectivity index (χ0v) is 25.7. The summed E-state index contributed by atoms with van der Waals surface area (Å²) in [5.74, 6) is -1.79. The van der Waals surface area contributed by atoms with E-state index in [9.17, 15) is 19.2 Å². The van der Waals surface area contributed by atoms with Crippen LogP contribution in [0.4, 0.5) is 5.69 Å². The molecule has 2 amide bonds. The maximum absolute atomic E-state index is 13.7. The van der Waals surface area contributed by atoms with E-state index in [2.05, 4.69) is 0 Å². The van der Waals surface area contributed by atoms with E-state index < -0.39 is 17.9 Å². The number of anilines is 1. The average Bonchev–Trinajstić information content (AvgIpc) is 3.29. The molecule has 2 fully saturated rings. The zero-order valence-electron chi connectivity index (χ0n) is 23.5. The number of hydrogen-bond acceptors (Lipinski definition) is 6. The lowest BCUT2D eigenvalue weighted by Gasteiger charge is -2.19. The maximum Gasteiger partial charge on any atom is 0.339 e. The van der Waals surface area contributed by atoms with E-state index in [1.807, 2.05) is 0 Å². The van der Waals surface area contributed by atoms with Gasteiger partial charge in [-0.05, 0) is 73.5 Å². The lowest BCUT2D eigenvalue weighted by molar-refractivity contribution is -0.122. The number of Topliss-reactive ketones (excluding diaryl/α,β-unsaturated/α-hetero) is 1. The van der Waals surface area contributed by atoms with E-state index in [1.54, 1.807) is 72.8 Å². The van der Waals surface area contributed by atoms with Crippen LogP contribution in [0.1, 0.15) is 52.8 Å². The number of aromatic nitrogens is 1. The number of ketones is 1. The van der Waals surface area contributed by atoms with E-state index in [1.165, 1.54) is 4.90 Å². The standard InChI is InChI=1S/C34H27Cl3N2O5/c35-16-15-30(31(40)20-5-9-21(36)10-6-20)44-34(43)27-18-29(38-28-14-11-22(37)17-26(27)28)19-7-12-23(13-8-19)39-32(41)24-3-1-2-4-25(24)33(39)42/h5-14,17-18,24-25,30H,1-4,15-16H2. The van der Waals surface area contributed by atoms with Crippen molar-refractivity contribution in [2.45, 2.75) is 38.2 Å². The maximum atomic E-state index is 13.7. The second-order valence-corrected chi connectivity index (χ2v) is 12.3. The Bertz CT molecular complexity index is 1750. The number of carbonyl (C=O) groups is 4. The molecule has 1 aliphatic heterocycles. The molecule has 0 N–H and O–H groups in total. The van der Waals surface area contributed by atoms with Gasteiger partial charge in [-0.25, -0.2) is 9.78 Å². The molecule has 4 aromatic rings. The number of ether oxygens (including phenoxy) is 1. The topological polar surface area (TPSA) is 93.6 Å². The molecule has 0 bridgehead atoms. The van der Waals surface area contributed by atoms with Crippen molar-refractivity contribution in [1.29, 1.82) is 0 Å². The van der Waals surface area contributed by atoms with Gasteiger partial charge in [-0.2, -0.15) is 0 Å². The van der Waals surface area contributed by atoms with Crippen molar-refractivity contribution in [1.82, 2.24) is 4.98 Å². The summed E-state index contributed by atoms with van der Waals surface area (Å²) in [6.45, 7) is 0. The Morgan fingerprint density at radius 1 is 0.864 bits per heavy atom. The predicted molar refractivity (Wildman–Crippen MR) is 170 cm³/mol. The van der Waals surface area contributed by atoms with Crippen molar-refractivity contribution >= 4 is 75.0 Å². The number of benzene rings is 3. The Hall–Kier alpha value is -3.78. The van der Waals surface area contributed by atoms with Crippen LogP contribution in [0.5, 0.6) is 0 Å². The monoisotopic (exact) mass is 648 g/mol. The molecule has 0 spiro atoms. The molecule has 224 valence electrons. The Labute approximate surface area is 269 Å². The summed E-state index contributed by atoms with van der Waals surface area (Å²) in [5.41, 5.74) is 2.64. The van der Waals surface area contributed by atoms with Crippen LogP contribution in [0, 0.1) is 11.8 Å². The van der Waals surface area contributed by atoms with Crippen molar-refractivity contribution in [3.05, 3.63) is 94.0 Å². The number of alkyl halides is 1. The molecule has 44 heavy (non-hydrogen) atoms. The molecule has 7 nitrogen and oxygen atoms in total. The average molecular weight is 650 g/mol. The van der Waals surface area contributed by atoms with E-state index in [-0.39, 0.29) is 41.5 Å². The summed E-state index contributed by atoms with van der Waals surface area (Å²) in [6, 6.07) is 19.9. The molecular weight excluding hydrogens is 623 g/mol. The third-order valence-electron chi connectivity index (χ3n) is 8.29. The Kier molecular flexibility index (Phi) is 8.72. The molecule has 3 unspecified atom stereocenters. The largest absolute Gasteiger partial charge is 0.450 e. The number of amides is 2. The highest BCUT2D eigenvalue weighted by atomic mass is 35.5. The van der Waals surface area contributed by atoms with Crippen molar-refractivity contribution in [3.63, 3.8) is 0 Å². The second-order valence-electron chi connectivity index (χ2n) is 11.0. The molecular formula is C34H27Cl3N2O5. The van der Waals surface area contributed by atoms with Gasteiger partial charge in [0.05, 0.1) is 34.3 Å². The van der Waals surface area contributed by atoms with Crippen LogP contribution in [0.3, 0.4) is 0 Å². The molecule has 1 saturated carbocycles. The SMILES string of the molecule is O=C(OC(CCCl)C(=O)c1ccc(Cl)cc1)c1cc(-c2ccc(N3C(=O)C4CCCCC4C3=O)cc2)nc2ccc(Cl)cc12. The van der Waals surface area contributed by atoms with Crippen LogP contribution in [0.2, 0.25) is 10.0 Å². The summed E-state index contributed by atoms with van der Waals surface area (Å²) in [5, 5.41) is 1.34. The van der Waals surface area contributed by atoms with E-state index in [0.29, 0.717) is 43.5 Å². The molecule has 1 aromatic heterocycles. The first-order chi connectivity index (χ1) is 21.2. The number of imide groups is 1.